The molecule has 6 heteroatoms. The highest BCUT2D eigenvalue weighted by molar-refractivity contribution is 6.31. The van der Waals surface area contributed by atoms with Crippen molar-refractivity contribution in [2.75, 3.05) is 5.32 Å². The van der Waals surface area contributed by atoms with E-state index in [9.17, 15) is 4.79 Å². The van der Waals surface area contributed by atoms with Crippen molar-refractivity contribution >= 4 is 23.2 Å². The molecule has 0 aliphatic heterocycles. The Morgan fingerprint density at radius 2 is 2.37 bits per heavy atom. The van der Waals surface area contributed by atoms with Crippen LogP contribution in [0.3, 0.4) is 0 Å². The third kappa shape index (κ3) is 3.12. The van der Waals surface area contributed by atoms with E-state index in [1.54, 1.807) is 35.1 Å². The Labute approximate surface area is 115 Å². The molecule has 0 saturated heterocycles. The van der Waals surface area contributed by atoms with Crippen molar-refractivity contribution in [2.45, 2.75) is 13.3 Å². The summed E-state index contributed by atoms with van der Waals surface area (Å²) in [5.74, 6) is -0.380. The summed E-state index contributed by atoms with van der Waals surface area (Å²) in [4.78, 5) is 11.5. The molecule has 1 aromatic heterocycles. The third-order valence-electron chi connectivity index (χ3n) is 2.43. The fourth-order valence-corrected chi connectivity index (χ4v) is 1.79. The maximum absolute atomic E-state index is 11.5. The molecule has 1 N–H and O–H groups in total. The average molecular weight is 275 g/mol. The van der Waals surface area contributed by atoms with Gasteiger partial charge in [0.1, 0.15) is 6.42 Å². The number of aromatic nitrogens is 2. The summed E-state index contributed by atoms with van der Waals surface area (Å²) in [5, 5.41) is 15.8. The minimum absolute atomic E-state index is 0.204. The number of halogens is 1. The van der Waals surface area contributed by atoms with Crippen LogP contribution in [-0.2, 0) is 4.79 Å². The van der Waals surface area contributed by atoms with Crippen LogP contribution in [0.5, 0.6) is 0 Å². The summed E-state index contributed by atoms with van der Waals surface area (Å²) < 4.78 is 1.65. The first-order valence-corrected chi connectivity index (χ1v) is 5.96. The van der Waals surface area contributed by atoms with Gasteiger partial charge >= 0.3 is 0 Å². The fourth-order valence-electron chi connectivity index (χ4n) is 1.62. The Kier molecular flexibility index (Phi) is 3.83. The molecular formula is C13H11ClN4O. The predicted molar refractivity (Wildman–Crippen MR) is 72.2 cm³/mol. The summed E-state index contributed by atoms with van der Waals surface area (Å²) in [5.41, 5.74) is 2.23. The van der Waals surface area contributed by atoms with E-state index in [4.69, 9.17) is 16.9 Å². The molecule has 0 atom stereocenters. The summed E-state index contributed by atoms with van der Waals surface area (Å²) in [7, 11) is 0. The lowest BCUT2D eigenvalue weighted by Crippen LogP contribution is -2.12. The fraction of sp³-hybridized carbons (Fsp3) is 0.154. The van der Waals surface area contributed by atoms with Crippen molar-refractivity contribution < 1.29 is 4.79 Å². The molecule has 19 heavy (non-hydrogen) atoms. The number of nitriles is 1. The van der Waals surface area contributed by atoms with E-state index in [1.807, 2.05) is 13.1 Å². The van der Waals surface area contributed by atoms with Crippen LogP contribution in [-0.4, -0.2) is 15.7 Å². The van der Waals surface area contributed by atoms with Crippen LogP contribution in [0.4, 0.5) is 5.69 Å². The summed E-state index contributed by atoms with van der Waals surface area (Å²) in [6.07, 6.45) is 3.35. The van der Waals surface area contributed by atoms with Gasteiger partial charge in [0.2, 0.25) is 5.91 Å². The lowest BCUT2D eigenvalue weighted by Gasteiger charge is -2.10. The SMILES string of the molecule is Cc1cnn(-c2ccc(Cl)cc2NC(=O)CC#N)c1. The van der Waals surface area contributed by atoms with Gasteiger partial charge in [-0.3, -0.25) is 4.79 Å². The van der Waals surface area contributed by atoms with E-state index in [1.165, 1.54) is 0 Å². The van der Waals surface area contributed by atoms with Crippen molar-refractivity contribution in [1.82, 2.24) is 9.78 Å². The van der Waals surface area contributed by atoms with Crippen molar-refractivity contribution in [2.24, 2.45) is 0 Å². The Morgan fingerprint density at radius 3 is 3.00 bits per heavy atom. The van der Waals surface area contributed by atoms with Gasteiger partial charge in [0.05, 0.1) is 23.6 Å². The number of anilines is 1. The van der Waals surface area contributed by atoms with Crippen LogP contribution in [0, 0.1) is 18.3 Å². The van der Waals surface area contributed by atoms with Gasteiger partial charge < -0.3 is 5.32 Å². The minimum Gasteiger partial charge on any atom is -0.323 e. The largest absolute Gasteiger partial charge is 0.323 e. The maximum Gasteiger partial charge on any atom is 0.238 e. The second-order valence-electron chi connectivity index (χ2n) is 4.01. The highest BCUT2D eigenvalue weighted by Gasteiger charge is 2.10. The molecule has 1 amide bonds. The van der Waals surface area contributed by atoms with E-state index in [0.717, 1.165) is 5.56 Å². The van der Waals surface area contributed by atoms with Crippen molar-refractivity contribution in [1.29, 1.82) is 5.26 Å². The number of nitrogens with zero attached hydrogens (tertiary/aromatic N) is 3. The highest BCUT2D eigenvalue weighted by Crippen LogP contribution is 2.24. The molecule has 0 spiro atoms. The van der Waals surface area contributed by atoms with E-state index in [0.29, 0.717) is 16.4 Å². The van der Waals surface area contributed by atoms with Gasteiger partial charge in [-0.1, -0.05) is 11.6 Å². The molecule has 0 fully saturated rings. The zero-order valence-corrected chi connectivity index (χ0v) is 11.0. The number of amides is 1. The minimum atomic E-state index is -0.380. The molecule has 96 valence electrons. The second-order valence-corrected chi connectivity index (χ2v) is 4.44. The Balaban J connectivity index is 2.38. The standard InChI is InChI=1S/C13H11ClN4O/c1-9-7-16-18(8-9)12-3-2-10(14)6-11(12)17-13(19)4-5-15/h2-3,6-8H,4H2,1H3,(H,17,19). The first kappa shape index (κ1) is 13.1. The number of hydrogen-bond donors (Lipinski definition) is 1. The molecule has 5 nitrogen and oxygen atoms in total. The molecule has 0 aliphatic rings. The molecule has 0 unspecified atom stereocenters. The number of hydrogen-bond acceptors (Lipinski definition) is 3. The van der Waals surface area contributed by atoms with E-state index in [-0.39, 0.29) is 12.3 Å². The normalized spacial score (nSPS) is 9.95. The molecule has 0 saturated carbocycles. The number of nitrogens with one attached hydrogen (secondary N) is 1. The zero-order valence-electron chi connectivity index (χ0n) is 10.2. The second kappa shape index (κ2) is 5.55. The molecule has 2 rings (SSSR count). The van der Waals surface area contributed by atoms with Gasteiger partial charge in [-0.05, 0) is 30.7 Å². The van der Waals surface area contributed by atoms with Gasteiger partial charge in [-0.2, -0.15) is 10.4 Å². The molecule has 0 bridgehead atoms. The van der Waals surface area contributed by atoms with E-state index in [2.05, 4.69) is 10.4 Å². The molecule has 1 heterocycles. The van der Waals surface area contributed by atoms with Gasteiger partial charge in [0.15, 0.2) is 0 Å². The van der Waals surface area contributed by atoms with Crippen LogP contribution in [0.2, 0.25) is 5.02 Å². The highest BCUT2D eigenvalue weighted by atomic mass is 35.5. The van der Waals surface area contributed by atoms with Gasteiger partial charge in [0.25, 0.3) is 0 Å². The quantitative estimate of drug-likeness (QED) is 0.935. The lowest BCUT2D eigenvalue weighted by atomic mass is 10.2. The molecule has 2 aromatic rings. The average Bonchev–Trinajstić information content (AvgIpc) is 2.76. The van der Waals surface area contributed by atoms with Crippen LogP contribution in [0.15, 0.2) is 30.6 Å². The summed E-state index contributed by atoms with van der Waals surface area (Å²) in [6, 6.07) is 6.90. The monoisotopic (exact) mass is 274 g/mol. The summed E-state index contributed by atoms with van der Waals surface area (Å²) >= 11 is 5.92. The first-order valence-electron chi connectivity index (χ1n) is 5.58. The Morgan fingerprint density at radius 1 is 1.58 bits per heavy atom. The molecule has 0 radical (unpaired) electrons. The molecule has 0 aliphatic carbocycles. The van der Waals surface area contributed by atoms with Crippen molar-refractivity contribution in [3.63, 3.8) is 0 Å². The summed E-state index contributed by atoms with van der Waals surface area (Å²) in [6.45, 7) is 1.92. The molecule has 1 aromatic carbocycles. The van der Waals surface area contributed by atoms with Crippen LogP contribution >= 0.6 is 11.6 Å². The van der Waals surface area contributed by atoms with Gasteiger partial charge in [0, 0.05) is 11.2 Å². The lowest BCUT2D eigenvalue weighted by molar-refractivity contribution is -0.115. The Hall–Kier alpha value is -2.32. The van der Waals surface area contributed by atoms with E-state index < -0.39 is 0 Å². The van der Waals surface area contributed by atoms with Gasteiger partial charge in [-0.15, -0.1) is 0 Å². The number of carbonyl (C=O) groups excluding carboxylic acids is 1. The number of benzene rings is 1. The number of carbonyl (C=O) groups is 1. The van der Waals surface area contributed by atoms with E-state index >= 15 is 0 Å². The zero-order chi connectivity index (χ0) is 13.8. The van der Waals surface area contributed by atoms with Crippen molar-refractivity contribution in [3.8, 4) is 11.8 Å². The number of aryl methyl sites for hydroxylation is 1. The smallest absolute Gasteiger partial charge is 0.238 e. The molecular weight excluding hydrogens is 264 g/mol. The first-order chi connectivity index (χ1) is 9.10. The van der Waals surface area contributed by atoms with Crippen LogP contribution in [0.1, 0.15) is 12.0 Å². The van der Waals surface area contributed by atoms with Crippen LogP contribution in [0.25, 0.3) is 5.69 Å². The number of rotatable bonds is 3. The third-order valence-corrected chi connectivity index (χ3v) is 2.67. The predicted octanol–water partition coefficient (Wildman–Crippen LogP) is 2.69. The Bertz CT molecular complexity index is 657. The van der Waals surface area contributed by atoms with Gasteiger partial charge in [-0.25, -0.2) is 4.68 Å². The van der Waals surface area contributed by atoms with Crippen LogP contribution < -0.4 is 5.32 Å². The van der Waals surface area contributed by atoms with Crippen molar-refractivity contribution in [3.05, 3.63) is 41.2 Å². The topological polar surface area (TPSA) is 70.7 Å². The maximum atomic E-state index is 11.5.